The minimum absolute atomic E-state index is 0.0776. The molecular formula is C26H26N4OS. The van der Waals surface area contributed by atoms with Crippen molar-refractivity contribution in [1.82, 2.24) is 10.3 Å². The van der Waals surface area contributed by atoms with Gasteiger partial charge in [-0.15, -0.1) is 0 Å². The van der Waals surface area contributed by atoms with Gasteiger partial charge in [0.15, 0.2) is 0 Å². The second kappa shape index (κ2) is 8.71. The molecule has 2 atom stereocenters. The number of rotatable bonds is 4. The average Bonchev–Trinajstić information content (AvgIpc) is 3.41. The number of nitrogens with one attached hydrogen (secondary N) is 1. The molecule has 1 N–H and O–H groups in total. The van der Waals surface area contributed by atoms with E-state index in [2.05, 4.69) is 64.9 Å². The van der Waals surface area contributed by atoms with Crippen LogP contribution in [0.15, 0.2) is 71.3 Å². The van der Waals surface area contributed by atoms with Gasteiger partial charge in [-0.1, -0.05) is 72.0 Å². The maximum absolute atomic E-state index is 12.3. The molecule has 5 nitrogen and oxygen atoms in total. The Labute approximate surface area is 192 Å². The molecule has 0 saturated heterocycles. The Balaban J connectivity index is 1.60. The summed E-state index contributed by atoms with van der Waals surface area (Å²) in [7, 11) is 1.65. The fraction of sp³-hybridized carbons (Fsp3) is 0.269. The van der Waals surface area contributed by atoms with Gasteiger partial charge in [-0.05, 0) is 49.0 Å². The summed E-state index contributed by atoms with van der Waals surface area (Å²) < 4.78 is 0. The minimum atomic E-state index is -0.101. The first kappa shape index (κ1) is 20.6. The second-order valence-electron chi connectivity index (χ2n) is 8.25. The third-order valence-corrected chi connectivity index (χ3v) is 7.34. The van der Waals surface area contributed by atoms with Crippen LogP contribution < -0.4 is 10.3 Å². The Morgan fingerprint density at radius 1 is 1.12 bits per heavy atom. The summed E-state index contributed by atoms with van der Waals surface area (Å²) in [6, 6.07) is 21.1. The number of hydrogen-bond acceptors (Lipinski definition) is 5. The van der Waals surface area contributed by atoms with E-state index in [1.54, 1.807) is 7.05 Å². The Kier molecular flexibility index (Phi) is 5.62. The number of aryl methyl sites for hydroxylation is 1. The summed E-state index contributed by atoms with van der Waals surface area (Å²) in [5.41, 5.74) is 5.63. The fourth-order valence-electron chi connectivity index (χ4n) is 4.70. The van der Waals surface area contributed by atoms with E-state index in [1.807, 2.05) is 19.1 Å². The number of amides is 1. The van der Waals surface area contributed by atoms with Crippen LogP contribution in [0.1, 0.15) is 51.8 Å². The van der Waals surface area contributed by atoms with Crippen molar-refractivity contribution in [1.29, 1.82) is 0 Å². The molecule has 0 spiro atoms. The molecule has 1 aliphatic heterocycles. The lowest BCUT2D eigenvalue weighted by Gasteiger charge is -2.29. The highest BCUT2D eigenvalue weighted by Crippen LogP contribution is 2.47. The topological polar surface area (TPSA) is 57.6 Å². The number of hydrazone groups is 1. The number of allylic oxidation sites excluding steroid dienone is 1. The number of nitrogens with zero attached hydrogens (tertiary/aromatic N) is 3. The Morgan fingerprint density at radius 2 is 1.84 bits per heavy atom. The predicted octanol–water partition coefficient (Wildman–Crippen LogP) is 5.61. The summed E-state index contributed by atoms with van der Waals surface area (Å²) in [5, 5.41) is 10.7. The molecule has 0 unspecified atom stereocenters. The van der Waals surface area contributed by atoms with Gasteiger partial charge in [0.2, 0.25) is 5.13 Å². The van der Waals surface area contributed by atoms with E-state index in [4.69, 9.17) is 10.1 Å². The van der Waals surface area contributed by atoms with Crippen molar-refractivity contribution in [2.75, 3.05) is 12.1 Å². The maximum atomic E-state index is 12.3. The summed E-state index contributed by atoms with van der Waals surface area (Å²) >= 11 is 1.41. The van der Waals surface area contributed by atoms with Gasteiger partial charge in [-0.2, -0.15) is 5.10 Å². The van der Waals surface area contributed by atoms with Crippen molar-refractivity contribution in [3.63, 3.8) is 0 Å². The van der Waals surface area contributed by atoms with E-state index in [-0.39, 0.29) is 11.9 Å². The van der Waals surface area contributed by atoms with Crippen molar-refractivity contribution in [2.45, 2.75) is 32.2 Å². The molecule has 0 bridgehead atoms. The van der Waals surface area contributed by atoms with E-state index < -0.39 is 0 Å². The van der Waals surface area contributed by atoms with Crippen LogP contribution in [-0.2, 0) is 0 Å². The van der Waals surface area contributed by atoms with Crippen LogP contribution in [0.3, 0.4) is 0 Å². The number of carbonyl (C=O) groups excluding carboxylic acids is 1. The molecule has 1 saturated carbocycles. The predicted molar refractivity (Wildman–Crippen MR) is 131 cm³/mol. The molecule has 2 aliphatic rings. The molecule has 2 heterocycles. The largest absolute Gasteiger partial charge is 0.354 e. The quantitative estimate of drug-likeness (QED) is 0.571. The zero-order chi connectivity index (χ0) is 22.1. The van der Waals surface area contributed by atoms with Crippen LogP contribution in [-0.4, -0.2) is 23.7 Å². The third-order valence-electron chi connectivity index (χ3n) is 6.20. The van der Waals surface area contributed by atoms with Crippen LogP contribution in [0.25, 0.3) is 6.08 Å². The van der Waals surface area contributed by atoms with E-state index in [0.29, 0.717) is 10.8 Å². The molecule has 3 aromatic rings. The van der Waals surface area contributed by atoms with E-state index in [0.717, 1.165) is 35.8 Å². The zero-order valence-corrected chi connectivity index (χ0v) is 19.1. The number of aromatic nitrogens is 1. The SMILES string of the molecule is CNC(=O)c1sc(N2N=C3/C(=C\c4ccccc4)CCC[C@@H]3[C@@H]2c2ccccc2)nc1C. The standard InChI is InChI=1S/C26H26N4OS/c1-17-24(25(31)27-2)32-26(28-17)30-23(19-12-7-4-8-13-19)21-15-9-14-20(22(21)29-30)16-18-10-5-3-6-11-18/h3-8,10-13,16,21,23H,9,14-15H2,1-2H3,(H,27,31)/b20-16-/t21-,23-/m0/s1. The van der Waals surface area contributed by atoms with E-state index >= 15 is 0 Å². The van der Waals surface area contributed by atoms with Crippen LogP contribution in [0.5, 0.6) is 0 Å². The lowest BCUT2D eigenvalue weighted by Crippen LogP contribution is -2.28. The summed E-state index contributed by atoms with van der Waals surface area (Å²) in [4.78, 5) is 17.7. The molecular weight excluding hydrogens is 416 g/mol. The Bertz CT molecular complexity index is 1180. The third kappa shape index (κ3) is 3.75. The maximum Gasteiger partial charge on any atom is 0.263 e. The number of carbonyl (C=O) groups is 1. The number of benzene rings is 2. The van der Waals surface area contributed by atoms with Crippen LogP contribution in [0, 0.1) is 12.8 Å². The monoisotopic (exact) mass is 442 g/mol. The average molecular weight is 443 g/mol. The van der Waals surface area contributed by atoms with Crippen molar-refractivity contribution < 1.29 is 4.79 Å². The summed E-state index contributed by atoms with van der Waals surface area (Å²) in [6.45, 7) is 1.89. The van der Waals surface area contributed by atoms with E-state index in [1.165, 1.54) is 28.0 Å². The van der Waals surface area contributed by atoms with Crippen molar-refractivity contribution in [3.8, 4) is 0 Å². The number of fused-ring (bicyclic) bond motifs is 1. The van der Waals surface area contributed by atoms with Gasteiger partial charge in [-0.3, -0.25) is 4.79 Å². The highest BCUT2D eigenvalue weighted by Gasteiger charge is 2.43. The first-order chi connectivity index (χ1) is 15.7. The molecule has 32 heavy (non-hydrogen) atoms. The first-order valence-electron chi connectivity index (χ1n) is 11.0. The molecule has 0 radical (unpaired) electrons. The molecule has 6 heteroatoms. The normalized spacial score (nSPS) is 21.4. The van der Waals surface area contributed by atoms with Crippen molar-refractivity contribution in [3.05, 3.63) is 87.9 Å². The van der Waals surface area contributed by atoms with Crippen LogP contribution in [0.4, 0.5) is 5.13 Å². The van der Waals surface area contributed by atoms with Gasteiger partial charge < -0.3 is 5.32 Å². The smallest absolute Gasteiger partial charge is 0.263 e. The van der Waals surface area contributed by atoms with Crippen molar-refractivity contribution >= 4 is 34.2 Å². The Hall–Kier alpha value is -3.25. The molecule has 5 rings (SSSR count). The summed E-state index contributed by atoms with van der Waals surface area (Å²) in [5.74, 6) is 0.199. The van der Waals surface area contributed by atoms with Gasteiger partial charge >= 0.3 is 0 Å². The molecule has 1 amide bonds. The zero-order valence-electron chi connectivity index (χ0n) is 18.3. The number of thiazole rings is 1. The second-order valence-corrected chi connectivity index (χ2v) is 9.23. The molecule has 1 aliphatic carbocycles. The number of hydrogen-bond donors (Lipinski definition) is 1. The highest BCUT2D eigenvalue weighted by molar-refractivity contribution is 7.17. The first-order valence-corrected chi connectivity index (χ1v) is 11.9. The van der Waals surface area contributed by atoms with Gasteiger partial charge in [-0.25, -0.2) is 9.99 Å². The van der Waals surface area contributed by atoms with Gasteiger partial charge in [0.1, 0.15) is 4.88 Å². The Morgan fingerprint density at radius 3 is 2.56 bits per heavy atom. The molecule has 1 aromatic heterocycles. The van der Waals surface area contributed by atoms with Crippen LogP contribution >= 0.6 is 11.3 Å². The van der Waals surface area contributed by atoms with Crippen LogP contribution in [0.2, 0.25) is 0 Å². The molecule has 1 fully saturated rings. The lowest BCUT2D eigenvalue weighted by molar-refractivity contribution is 0.0966. The minimum Gasteiger partial charge on any atom is -0.354 e. The highest BCUT2D eigenvalue weighted by atomic mass is 32.1. The van der Waals surface area contributed by atoms with Gasteiger partial charge in [0.05, 0.1) is 17.4 Å². The van der Waals surface area contributed by atoms with Gasteiger partial charge in [0.25, 0.3) is 5.91 Å². The lowest BCUT2D eigenvalue weighted by atomic mass is 9.77. The van der Waals surface area contributed by atoms with Crippen molar-refractivity contribution in [2.24, 2.45) is 11.0 Å². The summed E-state index contributed by atoms with van der Waals surface area (Å²) in [6.07, 6.45) is 5.53. The number of anilines is 1. The fourth-order valence-corrected chi connectivity index (χ4v) is 5.70. The van der Waals surface area contributed by atoms with E-state index in [9.17, 15) is 4.79 Å². The molecule has 162 valence electrons. The molecule has 2 aromatic carbocycles. The van der Waals surface area contributed by atoms with Gasteiger partial charge in [0, 0.05) is 13.0 Å².